The summed E-state index contributed by atoms with van der Waals surface area (Å²) in [5, 5.41) is 10.2. The van der Waals surface area contributed by atoms with E-state index < -0.39 is 5.60 Å². The van der Waals surface area contributed by atoms with Gasteiger partial charge in [-0.15, -0.1) is 0 Å². The Morgan fingerprint density at radius 3 is 2.35 bits per heavy atom. The van der Waals surface area contributed by atoms with Gasteiger partial charge in [0, 0.05) is 19.0 Å². The van der Waals surface area contributed by atoms with Crippen molar-refractivity contribution in [1.82, 2.24) is 4.90 Å². The minimum atomic E-state index is -0.457. The molecule has 2 unspecified atom stereocenters. The normalized spacial score (nSPS) is 22.2. The number of aliphatic hydroxyl groups is 1. The molecule has 1 aliphatic rings. The highest BCUT2D eigenvalue weighted by molar-refractivity contribution is 5.68. The van der Waals surface area contributed by atoms with Crippen molar-refractivity contribution in [3.05, 3.63) is 0 Å². The number of likely N-dealkylation sites (tertiary alicyclic amines) is 1. The zero-order chi connectivity index (χ0) is 17.3. The third kappa shape index (κ3) is 8.59. The number of nitrogens with zero attached hydrogens (tertiary/aromatic N) is 1. The molecule has 0 bridgehead atoms. The number of aliphatic hydroxyl groups excluding tert-OH is 1. The summed E-state index contributed by atoms with van der Waals surface area (Å²) in [6.45, 7) is 9.13. The SMILES string of the molecule is CCCCCCCCCC1CN(C(=O)OC(C)(C)C)CCC1O. The van der Waals surface area contributed by atoms with Crippen molar-refractivity contribution in [3.8, 4) is 0 Å². The molecule has 0 aliphatic carbocycles. The minimum absolute atomic E-state index is 0.201. The highest BCUT2D eigenvalue weighted by atomic mass is 16.6. The Labute approximate surface area is 142 Å². The molecule has 4 nitrogen and oxygen atoms in total. The maximum atomic E-state index is 12.2. The Hall–Kier alpha value is -0.770. The van der Waals surface area contributed by atoms with Crippen LogP contribution in [0.4, 0.5) is 4.79 Å². The summed E-state index contributed by atoms with van der Waals surface area (Å²) in [5.74, 6) is 0.201. The molecule has 1 heterocycles. The van der Waals surface area contributed by atoms with Crippen LogP contribution in [0.5, 0.6) is 0 Å². The predicted octanol–water partition coefficient (Wildman–Crippen LogP) is 4.75. The van der Waals surface area contributed by atoms with Crippen LogP contribution in [0.25, 0.3) is 0 Å². The summed E-state index contributed by atoms with van der Waals surface area (Å²) in [6, 6.07) is 0. The quantitative estimate of drug-likeness (QED) is 0.655. The molecule has 0 radical (unpaired) electrons. The van der Waals surface area contributed by atoms with Crippen molar-refractivity contribution >= 4 is 6.09 Å². The number of rotatable bonds is 8. The number of amides is 1. The first-order chi connectivity index (χ1) is 10.8. The molecule has 0 saturated carbocycles. The molecule has 1 fully saturated rings. The van der Waals surface area contributed by atoms with E-state index in [1.165, 1.54) is 38.5 Å². The van der Waals surface area contributed by atoms with E-state index in [0.29, 0.717) is 19.5 Å². The molecule has 2 atom stereocenters. The Balaban J connectivity index is 2.27. The summed E-state index contributed by atoms with van der Waals surface area (Å²) >= 11 is 0. The molecule has 0 spiro atoms. The number of hydrogen-bond acceptors (Lipinski definition) is 3. The second kappa shape index (κ2) is 10.2. The van der Waals surface area contributed by atoms with E-state index >= 15 is 0 Å². The Morgan fingerprint density at radius 2 is 1.74 bits per heavy atom. The van der Waals surface area contributed by atoms with Crippen LogP contribution in [0.1, 0.15) is 85.5 Å². The third-order valence-electron chi connectivity index (χ3n) is 4.52. The molecule has 136 valence electrons. The van der Waals surface area contributed by atoms with Crippen molar-refractivity contribution in [3.63, 3.8) is 0 Å². The zero-order valence-electron chi connectivity index (χ0n) is 15.6. The molecule has 4 heteroatoms. The number of carbonyl (C=O) groups is 1. The molecule has 1 rings (SSSR count). The van der Waals surface area contributed by atoms with Gasteiger partial charge in [0.15, 0.2) is 0 Å². The lowest BCUT2D eigenvalue weighted by Crippen LogP contribution is -2.47. The van der Waals surface area contributed by atoms with Gasteiger partial charge in [0.2, 0.25) is 0 Å². The summed E-state index contributed by atoms with van der Waals surface area (Å²) in [4.78, 5) is 13.9. The standard InChI is InChI=1S/C19H37NO3/c1-5-6-7-8-9-10-11-12-16-15-20(14-13-17(16)21)18(22)23-19(2,3)4/h16-17,21H,5-15H2,1-4H3. The van der Waals surface area contributed by atoms with Crippen LogP contribution in [0.2, 0.25) is 0 Å². The topological polar surface area (TPSA) is 49.8 Å². The second-order valence-electron chi connectivity index (χ2n) is 7.95. The second-order valence-corrected chi connectivity index (χ2v) is 7.95. The maximum Gasteiger partial charge on any atom is 0.410 e. The average molecular weight is 328 g/mol. The summed E-state index contributed by atoms with van der Waals surface area (Å²) in [7, 11) is 0. The van der Waals surface area contributed by atoms with Gasteiger partial charge in [-0.3, -0.25) is 0 Å². The first kappa shape index (κ1) is 20.3. The van der Waals surface area contributed by atoms with Crippen LogP contribution < -0.4 is 0 Å². The molecule has 1 saturated heterocycles. The highest BCUT2D eigenvalue weighted by Crippen LogP contribution is 2.24. The molecule has 0 aromatic rings. The molecule has 0 aromatic carbocycles. The molecular formula is C19H37NO3. The average Bonchev–Trinajstić information content (AvgIpc) is 2.46. The fourth-order valence-corrected chi connectivity index (χ4v) is 3.16. The smallest absolute Gasteiger partial charge is 0.410 e. The van der Waals surface area contributed by atoms with Gasteiger partial charge >= 0.3 is 6.09 Å². The molecule has 1 amide bonds. The van der Waals surface area contributed by atoms with Crippen LogP contribution >= 0.6 is 0 Å². The van der Waals surface area contributed by atoms with E-state index in [0.717, 1.165) is 12.8 Å². The third-order valence-corrected chi connectivity index (χ3v) is 4.52. The summed E-state index contributed by atoms with van der Waals surface area (Å²) < 4.78 is 5.45. The van der Waals surface area contributed by atoms with E-state index in [9.17, 15) is 9.90 Å². The monoisotopic (exact) mass is 327 g/mol. The zero-order valence-corrected chi connectivity index (χ0v) is 15.6. The van der Waals surface area contributed by atoms with E-state index in [4.69, 9.17) is 4.74 Å². The van der Waals surface area contributed by atoms with Gasteiger partial charge in [-0.25, -0.2) is 4.79 Å². The van der Waals surface area contributed by atoms with Crippen LogP contribution in [-0.4, -0.2) is 40.9 Å². The van der Waals surface area contributed by atoms with Crippen LogP contribution in [-0.2, 0) is 4.74 Å². The molecule has 1 N–H and O–H groups in total. The van der Waals surface area contributed by atoms with Gasteiger partial charge in [0.25, 0.3) is 0 Å². The fourth-order valence-electron chi connectivity index (χ4n) is 3.16. The highest BCUT2D eigenvalue weighted by Gasteiger charge is 2.32. The van der Waals surface area contributed by atoms with Gasteiger partial charge in [-0.2, -0.15) is 0 Å². The Kier molecular flexibility index (Phi) is 8.96. The lowest BCUT2D eigenvalue weighted by molar-refractivity contribution is -0.0104. The van der Waals surface area contributed by atoms with Crippen LogP contribution in [0, 0.1) is 5.92 Å². The van der Waals surface area contributed by atoms with E-state index in [-0.39, 0.29) is 18.1 Å². The lowest BCUT2D eigenvalue weighted by atomic mass is 9.89. The Morgan fingerprint density at radius 1 is 1.13 bits per heavy atom. The van der Waals surface area contributed by atoms with Crippen LogP contribution in [0.15, 0.2) is 0 Å². The van der Waals surface area contributed by atoms with Crippen molar-refractivity contribution in [2.45, 2.75) is 97.2 Å². The fraction of sp³-hybridized carbons (Fsp3) is 0.947. The largest absolute Gasteiger partial charge is 0.444 e. The molecular weight excluding hydrogens is 290 g/mol. The van der Waals surface area contributed by atoms with E-state index in [2.05, 4.69) is 6.92 Å². The maximum absolute atomic E-state index is 12.2. The van der Waals surface area contributed by atoms with Crippen molar-refractivity contribution in [2.75, 3.05) is 13.1 Å². The summed E-state index contributed by atoms with van der Waals surface area (Å²) in [5.41, 5.74) is -0.457. The van der Waals surface area contributed by atoms with Gasteiger partial charge in [-0.05, 0) is 33.6 Å². The summed E-state index contributed by atoms with van der Waals surface area (Å²) in [6.07, 6.45) is 10.1. The molecule has 0 aromatic heterocycles. The van der Waals surface area contributed by atoms with E-state index in [1.54, 1.807) is 4.90 Å². The van der Waals surface area contributed by atoms with Crippen molar-refractivity contribution in [2.24, 2.45) is 5.92 Å². The van der Waals surface area contributed by atoms with Gasteiger partial charge in [0.05, 0.1) is 6.10 Å². The number of piperidine rings is 1. The van der Waals surface area contributed by atoms with Crippen LogP contribution in [0.3, 0.4) is 0 Å². The van der Waals surface area contributed by atoms with Gasteiger partial charge < -0.3 is 14.7 Å². The predicted molar refractivity (Wildman–Crippen MR) is 94.5 cm³/mol. The number of ether oxygens (including phenoxy) is 1. The number of hydrogen-bond donors (Lipinski definition) is 1. The minimum Gasteiger partial charge on any atom is -0.444 e. The van der Waals surface area contributed by atoms with Crippen molar-refractivity contribution in [1.29, 1.82) is 0 Å². The lowest BCUT2D eigenvalue weighted by Gasteiger charge is -2.37. The van der Waals surface area contributed by atoms with E-state index in [1.807, 2.05) is 20.8 Å². The molecule has 1 aliphatic heterocycles. The Bertz CT molecular complexity index is 338. The van der Waals surface area contributed by atoms with Gasteiger partial charge in [-0.1, -0.05) is 51.9 Å². The van der Waals surface area contributed by atoms with Gasteiger partial charge in [0.1, 0.15) is 5.60 Å². The molecule has 23 heavy (non-hydrogen) atoms. The first-order valence-electron chi connectivity index (χ1n) is 9.49. The van der Waals surface area contributed by atoms with Crippen molar-refractivity contribution < 1.29 is 14.6 Å². The number of carbonyl (C=O) groups excluding carboxylic acids is 1. The number of unbranched alkanes of at least 4 members (excludes halogenated alkanes) is 6. The first-order valence-corrected chi connectivity index (χ1v) is 9.49.